The number of fused-ring (bicyclic) bond motifs is 1. The molecule has 2 aromatic rings. The third-order valence-electron chi connectivity index (χ3n) is 3.52. The average molecular weight is 289 g/mol. The summed E-state index contributed by atoms with van der Waals surface area (Å²) in [6, 6.07) is 3.78. The maximum atomic E-state index is 11.7. The van der Waals surface area contributed by atoms with Crippen LogP contribution in [-0.2, 0) is 0 Å². The van der Waals surface area contributed by atoms with Crippen LogP contribution in [0.5, 0.6) is 0 Å². The number of nitrogens with zero attached hydrogens (tertiary/aromatic N) is 2. The number of anilines is 2. The fraction of sp³-hybridized carbons (Fsp3) is 0.467. The zero-order valence-electron chi connectivity index (χ0n) is 13.0. The highest BCUT2D eigenvalue weighted by Gasteiger charge is 2.16. The molecule has 0 saturated heterocycles. The quantitative estimate of drug-likeness (QED) is 0.726. The summed E-state index contributed by atoms with van der Waals surface area (Å²) in [7, 11) is 4.09. The number of nitrogens with one attached hydrogen (secondary N) is 2. The van der Waals surface area contributed by atoms with Gasteiger partial charge in [-0.2, -0.15) is 0 Å². The minimum Gasteiger partial charge on any atom is -0.397 e. The van der Waals surface area contributed by atoms with Crippen molar-refractivity contribution in [2.45, 2.75) is 19.9 Å². The van der Waals surface area contributed by atoms with E-state index in [4.69, 9.17) is 5.73 Å². The van der Waals surface area contributed by atoms with E-state index in [9.17, 15) is 4.79 Å². The third-order valence-corrected chi connectivity index (χ3v) is 3.52. The Morgan fingerprint density at radius 1 is 1.38 bits per heavy atom. The molecule has 21 heavy (non-hydrogen) atoms. The molecule has 0 radical (unpaired) electrons. The lowest BCUT2D eigenvalue weighted by molar-refractivity contribution is 0.344. The SMILES string of the molecule is CC(C)C(CN(C)C)Nc1cc2nc[nH]c(=O)c2cc1N. The van der Waals surface area contributed by atoms with Crippen molar-refractivity contribution >= 4 is 22.3 Å². The first-order chi connectivity index (χ1) is 9.88. The molecule has 0 aliphatic rings. The fourth-order valence-electron chi connectivity index (χ4n) is 2.27. The van der Waals surface area contributed by atoms with Gasteiger partial charge in [0.1, 0.15) is 0 Å². The molecule has 114 valence electrons. The number of likely N-dealkylation sites (N-methyl/N-ethyl adjacent to an activating group) is 1. The lowest BCUT2D eigenvalue weighted by Crippen LogP contribution is -2.36. The highest BCUT2D eigenvalue weighted by Crippen LogP contribution is 2.24. The molecule has 0 fully saturated rings. The Morgan fingerprint density at radius 3 is 2.71 bits per heavy atom. The second kappa shape index (κ2) is 6.13. The van der Waals surface area contributed by atoms with Crippen molar-refractivity contribution in [3.8, 4) is 0 Å². The molecule has 6 heteroatoms. The number of hydrogen-bond donors (Lipinski definition) is 3. The predicted molar refractivity (Wildman–Crippen MR) is 87.6 cm³/mol. The van der Waals surface area contributed by atoms with Crippen molar-refractivity contribution in [2.75, 3.05) is 31.7 Å². The van der Waals surface area contributed by atoms with Crippen LogP contribution in [0.25, 0.3) is 10.9 Å². The van der Waals surface area contributed by atoms with Gasteiger partial charge in [0.2, 0.25) is 0 Å². The topological polar surface area (TPSA) is 87.0 Å². The first-order valence-corrected chi connectivity index (χ1v) is 7.06. The molecule has 1 atom stereocenters. The van der Waals surface area contributed by atoms with Crippen LogP contribution in [0.3, 0.4) is 0 Å². The van der Waals surface area contributed by atoms with Gasteiger partial charge in [-0.15, -0.1) is 0 Å². The minimum absolute atomic E-state index is 0.174. The molecular weight excluding hydrogens is 266 g/mol. The van der Waals surface area contributed by atoms with Crippen molar-refractivity contribution in [1.82, 2.24) is 14.9 Å². The van der Waals surface area contributed by atoms with E-state index in [1.54, 1.807) is 6.07 Å². The van der Waals surface area contributed by atoms with E-state index in [-0.39, 0.29) is 11.6 Å². The predicted octanol–water partition coefficient (Wildman–Crippen LogP) is 1.50. The van der Waals surface area contributed by atoms with Gasteiger partial charge in [-0.1, -0.05) is 13.8 Å². The molecule has 0 aliphatic heterocycles. The molecule has 2 rings (SSSR count). The number of hydrogen-bond acceptors (Lipinski definition) is 5. The molecule has 1 unspecified atom stereocenters. The molecule has 0 spiro atoms. The van der Waals surface area contributed by atoms with Gasteiger partial charge in [0.05, 0.1) is 28.6 Å². The van der Waals surface area contributed by atoms with Crippen LogP contribution in [0, 0.1) is 5.92 Å². The monoisotopic (exact) mass is 289 g/mol. The summed E-state index contributed by atoms with van der Waals surface area (Å²) in [6.45, 7) is 5.24. The Kier molecular flexibility index (Phi) is 4.47. The number of aromatic nitrogens is 2. The van der Waals surface area contributed by atoms with Crippen molar-refractivity contribution in [1.29, 1.82) is 0 Å². The number of nitrogen functional groups attached to an aromatic ring is 1. The molecule has 0 bridgehead atoms. The first kappa shape index (κ1) is 15.3. The number of H-pyrrole nitrogens is 1. The average Bonchev–Trinajstić information content (AvgIpc) is 2.39. The number of rotatable bonds is 5. The second-order valence-corrected chi connectivity index (χ2v) is 5.95. The number of aromatic amines is 1. The van der Waals surface area contributed by atoms with E-state index < -0.39 is 0 Å². The highest BCUT2D eigenvalue weighted by molar-refractivity contribution is 5.88. The summed E-state index contributed by atoms with van der Waals surface area (Å²) in [6.07, 6.45) is 1.41. The van der Waals surface area contributed by atoms with Gasteiger partial charge in [0.25, 0.3) is 5.56 Å². The van der Waals surface area contributed by atoms with Crippen LogP contribution >= 0.6 is 0 Å². The summed E-state index contributed by atoms with van der Waals surface area (Å²) >= 11 is 0. The standard InChI is InChI=1S/C15H23N5O/c1-9(2)14(7-20(3)4)19-13-6-12-10(5-11(13)16)15(21)18-8-17-12/h5-6,8-9,14,19H,7,16H2,1-4H3,(H,17,18,21). The smallest absolute Gasteiger partial charge is 0.258 e. The van der Waals surface area contributed by atoms with E-state index in [1.165, 1.54) is 6.33 Å². The zero-order chi connectivity index (χ0) is 15.6. The Bertz CT molecular complexity index is 677. The molecule has 0 saturated carbocycles. The molecule has 4 N–H and O–H groups in total. The Labute approximate surface area is 124 Å². The van der Waals surface area contributed by atoms with Crippen LogP contribution in [0.4, 0.5) is 11.4 Å². The normalized spacial score (nSPS) is 13.0. The van der Waals surface area contributed by atoms with Crippen molar-refractivity contribution in [3.63, 3.8) is 0 Å². The van der Waals surface area contributed by atoms with E-state index >= 15 is 0 Å². The van der Waals surface area contributed by atoms with Gasteiger partial charge in [-0.05, 0) is 32.1 Å². The summed E-state index contributed by atoms with van der Waals surface area (Å²) in [5, 5.41) is 3.98. The lowest BCUT2D eigenvalue weighted by atomic mass is 10.0. The van der Waals surface area contributed by atoms with Crippen LogP contribution in [-0.4, -0.2) is 41.5 Å². The first-order valence-electron chi connectivity index (χ1n) is 7.06. The summed E-state index contributed by atoms with van der Waals surface area (Å²) in [4.78, 5) is 20.6. The highest BCUT2D eigenvalue weighted by atomic mass is 16.1. The molecule has 1 aromatic carbocycles. The van der Waals surface area contributed by atoms with E-state index in [1.807, 2.05) is 20.2 Å². The molecule has 0 aliphatic carbocycles. The van der Waals surface area contributed by atoms with Crippen molar-refractivity contribution in [3.05, 3.63) is 28.8 Å². The largest absolute Gasteiger partial charge is 0.397 e. The summed E-state index contributed by atoms with van der Waals surface area (Å²) in [5.41, 5.74) is 7.93. The van der Waals surface area contributed by atoms with Crippen molar-refractivity contribution < 1.29 is 0 Å². The molecule has 0 amide bonds. The Hall–Kier alpha value is -2.08. The number of nitrogens with two attached hydrogens (primary N) is 1. The van der Waals surface area contributed by atoms with Gasteiger partial charge < -0.3 is 20.9 Å². The van der Waals surface area contributed by atoms with Gasteiger partial charge in [-0.3, -0.25) is 4.79 Å². The van der Waals surface area contributed by atoms with Gasteiger partial charge in [-0.25, -0.2) is 4.98 Å². The third kappa shape index (κ3) is 3.52. The second-order valence-electron chi connectivity index (χ2n) is 5.95. The Morgan fingerprint density at radius 2 is 2.10 bits per heavy atom. The molecule has 1 heterocycles. The van der Waals surface area contributed by atoms with Crippen LogP contribution in [0.1, 0.15) is 13.8 Å². The van der Waals surface area contributed by atoms with Gasteiger partial charge in [0, 0.05) is 12.6 Å². The summed E-state index contributed by atoms with van der Waals surface area (Å²) < 4.78 is 0. The fourth-order valence-corrected chi connectivity index (χ4v) is 2.27. The minimum atomic E-state index is -0.174. The maximum Gasteiger partial charge on any atom is 0.258 e. The van der Waals surface area contributed by atoms with Crippen LogP contribution in [0.15, 0.2) is 23.3 Å². The van der Waals surface area contributed by atoms with Gasteiger partial charge >= 0.3 is 0 Å². The zero-order valence-corrected chi connectivity index (χ0v) is 13.0. The maximum absolute atomic E-state index is 11.7. The van der Waals surface area contributed by atoms with E-state index in [0.717, 1.165) is 12.2 Å². The summed E-state index contributed by atoms with van der Waals surface area (Å²) in [5.74, 6) is 0.453. The van der Waals surface area contributed by atoms with Crippen LogP contribution < -0.4 is 16.6 Å². The Balaban J connectivity index is 2.37. The van der Waals surface area contributed by atoms with Gasteiger partial charge in [0.15, 0.2) is 0 Å². The number of benzene rings is 1. The molecular formula is C15H23N5O. The van der Waals surface area contributed by atoms with E-state index in [0.29, 0.717) is 22.5 Å². The molecule has 1 aromatic heterocycles. The van der Waals surface area contributed by atoms with Crippen LogP contribution in [0.2, 0.25) is 0 Å². The lowest BCUT2D eigenvalue weighted by Gasteiger charge is -2.27. The molecule has 6 nitrogen and oxygen atoms in total. The van der Waals surface area contributed by atoms with E-state index in [2.05, 4.69) is 34.0 Å². The van der Waals surface area contributed by atoms with Crippen molar-refractivity contribution in [2.24, 2.45) is 5.92 Å².